The molecule has 0 atom stereocenters. The first-order valence-electron chi connectivity index (χ1n) is 6.94. The molecule has 0 radical (unpaired) electrons. The van der Waals surface area contributed by atoms with E-state index in [2.05, 4.69) is 29.9 Å². The highest BCUT2D eigenvalue weighted by Gasteiger charge is 2.23. The quantitative estimate of drug-likeness (QED) is 0.705. The van der Waals surface area contributed by atoms with Crippen LogP contribution in [0.25, 0.3) is 5.57 Å². The van der Waals surface area contributed by atoms with Crippen LogP contribution in [0.2, 0.25) is 5.15 Å². The van der Waals surface area contributed by atoms with Gasteiger partial charge < -0.3 is 10.1 Å². The van der Waals surface area contributed by atoms with Crippen LogP contribution in [0.3, 0.4) is 0 Å². The molecule has 0 saturated carbocycles. The SMILES string of the molecule is C=C(CC)c1cnc(Cl)c2c1Nc1c(cccc1OC)C2. The van der Waals surface area contributed by atoms with Gasteiger partial charge in [0.1, 0.15) is 10.9 Å². The van der Waals surface area contributed by atoms with Crippen LogP contribution < -0.4 is 10.1 Å². The Morgan fingerprint density at radius 1 is 1.43 bits per heavy atom. The minimum atomic E-state index is 0.540. The van der Waals surface area contributed by atoms with Crippen LogP contribution in [0.15, 0.2) is 31.0 Å². The van der Waals surface area contributed by atoms with E-state index in [1.807, 2.05) is 12.1 Å². The third kappa shape index (κ3) is 2.28. The minimum absolute atomic E-state index is 0.540. The lowest BCUT2D eigenvalue weighted by Crippen LogP contribution is -2.11. The van der Waals surface area contributed by atoms with Crippen LogP contribution in [0.5, 0.6) is 5.75 Å². The number of hydrogen-bond acceptors (Lipinski definition) is 3. The molecule has 1 N–H and O–H groups in total. The van der Waals surface area contributed by atoms with E-state index >= 15 is 0 Å². The first kappa shape index (κ1) is 14.0. The molecule has 2 aromatic rings. The lowest BCUT2D eigenvalue weighted by atomic mass is 9.93. The third-order valence-corrected chi connectivity index (χ3v) is 4.21. The summed E-state index contributed by atoms with van der Waals surface area (Å²) in [4.78, 5) is 4.31. The molecule has 0 spiro atoms. The highest BCUT2D eigenvalue weighted by Crippen LogP contribution is 2.43. The molecule has 3 rings (SSSR count). The third-order valence-electron chi connectivity index (χ3n) is 3.88. The van der Waals surface area contributed by atoms with Gasteiger partial charge >= 0.3 is 0 Å². The van der Waals surface area contributed by atoms with Crippen molar-refractivity contribution in [3.05, 3.63) is 52.8 Å². The van der Waals surface area contributed by atoms with Crippen molar-refractivity contribution in [2.45, 2.75) is 19.8 Å². The molecule has 2 heterocycles. The fourth-order valence-electron chi connectivity index (χ4n) is 2.64. The van der Waals surface area contributed by atoms with Gasteiger partial charge in [0.25, 0.3) is 0 Å². The van der Waals surface area contributed by atoms with Gasteiger partial charge in [-0.3, -0.25) is 0 Å². The zero-order valence-corrected chi connectivity index (χ0v) is 12.9. The molecular weight excluding hydrogens is 284 g/mol. The second-order valence-electron chi connectivity index (χ2n) is 5.07. The van der Waals surface area contributed by atoms with Crippen molar-refractivity contribution in [3.63, 3.8) is 0 Å². The molecule has 0 amide bonds. The predicted octanol–water partition coefficient (Wildman–Crippen LogP) is 4.81. The molecule has 0 unspecified atom stereocenters. The van der Waals surface area contributed by atoms with Crippen LogP contribution in [-0.4, -0.2) is 12.1 Å². The maximum absolute atomic E-state index is 6.29. The Hall–Kier alpha value is -2.00. The topological polar surface area (TPSA) is 34.2 Å². The van der Waals surface area contributed by atoms with Crippen molar-refractivity contribution in [3.8, 4) is 5.75 Å². The Kier molecular flexibility index (Phi) is 3.60. The van der Waals surface area contributed by atoms with E-state index < -0.39 is 0 Å². The van der Waals surface area contributed by atoms with E-state index in [9.17, 15) is 0 Å². The Morgan fingerprint density at radius 3 is 2.95 bits per heavy atom. The molecule has 3 nitrogen and oxygen atoms in total. The largest absolute Gasteiger partial charge is 0.495 e. The van der Waals surface area contributed by atoms with Crippen molar-refractivity contribution >= 4 is 28.5 Å². The highest BCUT2D eigenvalue weighted by atomic mass is 35.5. The summed E-state index contributed by atoms with van der Waals surface area (Å²) in [5.41, 5.74) is 6.24. The van der Waals surface area contributed by atoms with E-state index in [1.165, 1.54) is 0 Å². The molecule has 1 aromatic heterocycles. The fraction of sp³-hybridized carbons (Fsp3) is 0.235. The number of rotatable bonds is 3. The zero-order valence-electron chi connectivity index (χ0n) is 12.2. The Morgan fingerprint density at radius 2 is 2.24 bits per heavy atom. The molecule has 21 heavy (non-hydrogen) atoms. The van der Waals surface area contributed by atoms with Gasteiger partial charge in [-0.2, -0.15) is 0 Å². The number of aromatic nitrogens is 1. The number of benzene rings is 1. The van der Waals surface area contributed by atoms with Crippen molar-refractivity contribution in [1.82, 2.24) is 4.98 Å². The summed E-state index contributed by atoms with van der Waals surface area (Å²) in [6.07, 6.45) is 3.40. The smallest absolute Gasteiger partial charge is 0.142 e. The number of hydrogen-bond donors (Lipinski definition) is 1. The van der Waals surface area contributed by atoms with Gasteiger partial charge in [0.2, 0.25) is 0 Å². The maximum Gasteiger partial charge on any atom is 0.142 e. The monoisotopic (exact) mass is 300 g/mol. The second kappa shape index (κ2) is 5.41. The molecule has 0 fully saturated rings. The number of allylic oxidation sites excluding steroid dienone is 1. The van der Waals surface area contributed by atoms with Crippen LogP contribution in [0, 0.1) is 0 Å². The normalized spacial score (nSPS) is 12.1. The molecule has 0 aliphatic carbocycles. The average molecular weight is 301 g/mol. The molecule has 1 aromatic carbocycles. The molecule has 108 valence electrons. The summed E-state index contributed by atoms with van der Waals surface area (Å²) in [5, 5.41) is 4.01. The van der Waals surface area contributed by atoms with Gasteiger partial charge in [0, 0.05) is 23.7 Å². The van der Waals surface area contributed by atoms with Crippen LogP contribution in [0.1, 0.15) is 30.0 Å². The molecule has 4 heteroatoms. The number of anilines is 2. The van der Waals surface area contributed by atoms with Crippen molar-refractivity contribution in [2.24, 2.45) is 0 Å². The van der Waals surface area contributed by atoms with Crippen molar-refractivity contribution < 1.29 is 4.74 Å². The number of fused-ring (bicyclic) bond motifs is 2. The Balaban J connectivity index is 2.17. The lowest BCUT2D eigenvalue weighted by molar-refractivity contribution is 0.416. The molecule has 1 aliphatic heterocycles. The number of halogens is 1. The Bertz CT molecular complexity index is 725. The highest BCUT2D eigenvalue weighted by molar-refractivity contribution is 6.30. The number of nitrogens with zero attached hydrogens (tertiary/aromatic N) is 1. The Labute approximate surface area is 129 Å². The van der Waals surface area contributed by atoms with E-state index in [-0.39, 0.29) is 0 Å². The van der Waals surface area contributed by atoms with E-state index in [4.69, 9.17) is 16.3 Å². The van der Waals surface area contributed by atoms with Crippen LogP contribution in [-0.2, 0) is 6.42 Å². The van der Waals surface area contributed by atoms with E-state index in [1.54, 1.807) is 13.3 Å². The maximum atomic E-state index is 6.29. The van der Waals surface area contributed by atoms with Gasteiger partial charge in [-0.15, -0.1) is 0 Å². The average Bonchev–Trinajstić information content (AvgIpc) is 2.52. The van der Waals surface area contributed by atoms with Crippen molar-refractivity contribution in [2.75, 3.05) is 12.4 Å². The van der Waals surface area contributed by atoms with Gasteiger partial charge in [0.05, 0.1) is 18.5 Å². The number of methoxy groups -OCH3 is 1. The molecule has 1 aliphatic rings. The zero-order chi connectivity index (χ0) is 15.0. The van der Waals surface area contributed by atoms with Gasteiger partial charge in [-0.1, -0.05) is 37.2 Å². The van der Waals surface area contributed by atoms with E-state index in [0.29, 0.717) is 5.15 Å². The van der Waals surface area contributed by atoms with Gasteiger partial charge in [-0.25, -0.2) is 4.98 Å². The summed E-state index contributed by atoms with van der Waals surface area (Å²) in [5.74, 6) is 0.833. The summed E-state index contributed by atoms with van der Waals surface area (Å²) in [6.45, 7) is 6.21. The minimum Gasteiger partial charge on any atom is -0.495 e. The summed E-state index contributed by atoms with van der Waals surface area (Å²) in [6, 6.07) is 6.01. The summed E-state index contributed by atoms with van der Waals surface area (Å²) >= 11 is 6.29. The van der Waals surface area contributed by atoms with Gasteiger partial charge in [-0.05, 0) is 23.6 Å². The number of ether oxygens (including phenoxy) is 1. The molecule has 0 bridgehead atoms. The molecule has 0 saturated heterocycles. The summed E-state index contributed by atoms with van der Waals surface area (Å²) < 4.78 is 5.45. The lowest BCUT2D eigenvalue weighted by Gasteiger charge is -2.26. The van der Waals surface area contributed by atoms with E-state index in [0.717, 1.165) is 52.2 Å². The first-order valence-corrected chi connectivity index (χ1v) is 7.32. The first-order chi connectivity index (χ1) is 10.2. The number of para-hydroxylation sites is 1. The number of nitrogens with one attached hydrogen (secondary N) is 1. The van der Waals surface area contributed by atoms with Crippen LogP contribution >= 0.6 is 11.6 Å². The fourth-order valence-corrected chi connectivity index (χ4v) is 2.85. The number of pyridine rings is 1. The predicted molar refractivity (Wildman–Crippen MR) is 87.7 cm³/mol. The van der Waals surface area contributed by atoms with Crippen molar-refractivity contribution in [1.29, 1.82) is 0 Å². The summed E-state index contributed by atoms with van der Waals surface area (Å²) in [7, 11) is 1.68. The van der Waals surface area contributed by atoms with Gasteiger partial charge in [0.15, 0.2) is 0 Å². The standard InChI is InChI=1S/C17H17ClN2O/c1-4-10(2)13-9-19-17(18)12-8-11-6-5-7-14(21-3)15(11)20-16(12)13/h5-7,9,20H,2,4,8H2,1,3H3. The molecular formula is C17H17ClN2O. The van der Waals surface area contributed by atoms with Crippen LogP contribution in [0.4, 0.5) is 11.4 Å². The second-order valence-corrected chi connectivity index (χ2v) is 5.43.